The Hall–Kier alpha value is -2.71. The summed E-state index contributed by atoms with van der Waals surface area (Å²) in [5.41, 5.74) is 1.10. The molecule has 0 N–H and O–H groups in total. The van der Waals surface area contributed by atoms with Gasteiger partial charge in [0.1, 0.15) is 0 Å². The number of rotatable bonds is 5. The first-order valence-electron chi connectivity index (χ1n) is 6.74. The van der Waals surface area contributed by atoms with E-state index in [2.05, 4.69) is 4.98 Å². The largest absolute Gasteiger partial charge is 0.544 e. The van der Waals surface area contributed by atoms with Gasteiger partial charge in [0, 0.05) is 17.0 Å². The molecule has 0 bridgehead atoms. The Morgan fingerprint density at radius 2 is 2.00 bits per heavy atom. The average molecular weight is 357 g/mol. The van der Waals surface area contributed by atoms with Crippen LogP contribution in [-0.2, 0) is 4.79 Å². The van der Waals surface area contributed by atoms with E-state index in [-0.39, 0.29) is 10.6 Å². The van der Waals surface area contributed by atoms with E-state index in [9.17, 15) is 20.0 Å². The highest BCUT2D eigenvalue weighted by Crippen LogP contribution is 2.34. The van der Waals surface area contributed by atoms with E-state index in [1.807, 2.05) is 24.3 Å². The van der Waals surface area contributed by atoms with Crippen LogP contribution in [0.15, 0.2) is 57.8 Å². The van der Waals surface area contributed by atoms with Crippen molar-refractivity contribution in [2.45, 2.75) is 4.34 Å². The lowest BCUT2D eigenvalue weighted by Crippen LogP contribution is -2.22. The number of nitro benzene ring substituents is 1. The Morgan fingerprint density at radius 3 is 2.71 bits per heavy atom. The van der Waals surface area contributed by atoms with E-state index in [0.29, 0.717) is 9.90 Å². The number of non-ortho nitro benzene ring substituents is 1. The van der Waals surface area contributed by atoms with Crippen molar-refractivity contribution >= 4 is 51.0 Å². The van der Waals surface area contributed by atoms with Gasteiger partial charge in [0.15, 0.2) is 4.34 Å². The van der Waals surface area contributed by atoms with Crippen molar-refractivity contribution in [3.8, 4) is 0 Å². The van der Waals surface area contributed by atoms with Gasteiger partial charge in [0.2, 0.25) is 0 Å². The zero-order chi connectivity index (χ0) is 17.1. The summed E-state index contributed by atoms with van der Waals surface area (Å²) in [7, 11) is 0. The van der Waals surface area contributed by atoms with Gasteiger partial charge in [-0.1, -0.05) is 36.0 Å². The number of carboxylic acid groups (broad SMARTS) is 1. The first kappa shape index (κ1) is 16.2. The number of nitrogens with zero attached hydrogens (tertiary/aromatic N) is 2. The molecule has 0 spiro atoms. The number of aromatic nitrogens is 1. The molecule has 0 atom stereocenters. The number of hydrogen-bond donors (Lipinski definition) is 0. The molecule has 0 saturated heterocycles. The van der Waals surface area contributed by atoms with E-state index in [4.69, 9.17) is 0 Å². The van der Waals surface area contributed by atoms with E-state index in [0.717, 1.165) is 22.0 Å². The number of thioether (sulfide) groups is 1. The molecule has 3 aromatic rings. The molecule has 3 rings (SSSR count). The molecule has 2 aromatic carbocycles. The monoisotopic (exact) mass is 357 g/mol. The van der Waals surface area contributed by atoms with Gasteiger partial charge < -0.3 is 9.90 Å². The standard InChI is InChI=1S/C16H10N2O4S2/c19-15(20)14(9-10-4-3-5-11(8-10)18(21)22)24-16-17-12-6-1-2-7-13(12)23-16/h1-9H,(H,19,20)/p-1/b14-9+. The van der Waals surface area contributed by atoms with Gasteiger partial charge in [-0.2, -0.15) is 0 Å². The normalized spacial score (nSPS) is 11.6. The zero-order valence-electron chi connectivity index (χ0n) is 12.0. The van der Waals surface area contributed by atoms with Gasteiger partial charge in [-0.15, -0.1) is 11.3 Å². The summed E-state index contributed by atoms with van der Waals surface area (Å²) < 4.78 is 1.52. The third-order valence-corrected chi connectivity index (χ3v) is 5.15. The summed E-state index contributed by atoms with van der Waals surface area (Å²) in [5.74, 6) is -1.36. The number of carbonyl (C=O) groups is 1. The second-order valence-electron chi connectivity index (χ2n) is 4.70. The maximum atomic E-state index is 11.4. The average Bonchev–Trinajstić information content (AvgIpc) is 2.96. The van der Waals surface area contributed by atoms with Crippen LogP contribution >= 0.6 is 23.1 Å². The lowest BCUT2D eigenvalue weighted by Gasteiger charge is -2.06. The van der Waals surface area contributed by atoms with E-state index >= 15 is 0 Å². The Morgan fingerprint density at radius 1 is 1.21 bits per heavy atom. The third-order valence-electron chi connectivity index (χ3n) is 3.05. The molecule has 0 aliphatic carbocycles. The van der Waals surface area contributed by atoms with Crippen LogP contribution in [0.4, 0.5) is 5.69 Å². The van der Waals surface area contributed by atoms with Crippen LogP contribution in [0.1, 0.15) is 5.56 Å². The summed E-state index contributed by atoms with van der Waals surface area (Å²) in [6, 6.07) is 13.2. The molecule has 120 valence electrons. The maximum absolute atomic E-state index is 11.4. The smallest absolute Gasteiger partial charge is 0.270 e. The fraction of sp³-hybridized carbons (Fsp3) is 0. The number of aliphatic carboxylic acids is 1. The van der Waals surface area contributed by atoms with Crippen molar-refractivity contribution in [3.63, 3.8) is 0 Å². The van der Waals surface area contributed by atoms with Crippen molar-refractivity contribution in [2.24, 2.45) is 0 Å². The van der Waals surface area contributed by atoms with Crippen molar-refractivity contribution in [1.82, 2.24) is 4.98 Å². The van der Waals surface area contributed by atoms with Crippen LogP contribution in [0.5, 0.6) is 0 Å². The fourth-order valence-corrected chi connectivity index (χ4v) is 4.01. The van der Waals surface area contributed by atoms with Crippen LogP contribution in [0.25, 0.3) is 16.3 Å². The van der Waals surface area contributed by atoms with Gasteiger partial charge in [-0.05, 0) is 23.8 Å². The molecule has 0 fully saturated rings. The molecule has 8 heteroatoms. The molecule has 0 aliphatic heterocycles. The first-order chi connectivity index (χ1) is 11.5. The second kappa shape index (κ2) is 6.81. The lowest BCUT2D eigenvalue weighted by molar-refractivity contribution is -0.384. The first-order valence-corrected chi connectivity index (χ1v) is 8.37. The summed E-state index contributed by atoms with van der Waals surface area (Å²) in [5, 5.41) is 22.2. The Labute approximate surface area is 144 Å². The fourth-order valence-electron chi connectivity index (χ4n) is 2.00. The molecule has 0 unspecified atom stereocenters. The molecular weight excluding hydrogens is 348 g/mol. The lowest BCUT2D eigenvalue weighted by atomic mass is 10.2. The Kier molecular flexibility index (Phi) is 4.59. The van der Waals surface area contributed by atoms with Gasteiger partial charge in [0.05, 0.1) is 21.1 Å². The highest BCUT2D eigenvalue weighted by atomic mass is 32.2. The Bertz CT molecular complexity index is 932. The number of hydrogen-bond acceptors (Lipinski definition) is 7. The summed E-state index contributed by atoms with van der Waals surface area (Å²) in [6.45, 7) is 0. The quantitative estimate of drug-likeness (QED) is 0.301. The highest BCUT2D eigenvalue weighted by molar-refractivity contribution is 8.05. The molecular formula is C16H9N2O4S2-. The van der Waals surface area contributed by atoms with Crippen LogP contribution in [-0.4, -0.2) is 15.9 Å². The predicted molar refractivity (Wildman–Crippen MR) is 91.6 cm³/mol. The van der Waals surface area contributed by atoms with Crippen molar-refractivity contribution in [3.05, 3.63) is 69.1 Å². The summed E-state index contributed by atoms with van der Waals surface area (Å²) in [6.07, 6.45) is 1.35. The minimum absolute atomic E-state index is 0.0606. The Balaban J connectivity index is 1.93. The summed E-state index contributed by atoms with van der Waals surface area (Å²) in [4.78, 5) is 26.0. The second-order valence-corrected chi connectivity index (χ2v) is 7.02. The van der Waals surface area contributed by atoms with Crippen LogP contribution in [0.2, 0.25) is 0 Å². The van der Waals surface area contributed by atoms with E-state index in [1.165, 1.54) is 35.6 Å². The minimum atomic E-state index is -1.36. The van der Waals surface area contributed by atoms with Crippen molar-refractivity contribution in [2.75, 3.05) is 0 Å². The van der Waals surface area contributed by atoms with E-state index in [1.54, 1.807) is 6.07 Å². The number of fused-ring (bicyclic) bond motifs is 1. The van der Waals surface area contributed by atoms with Crippen molar-refractivity contribution < 1.29 is 14.8 Å². The molecule has 0 amide bonds. The van der Waals surface area contributed by atoms with Crippen molar-refractivity contribution in [1.29, 1.82) is 0 Å². The van der Waals surface area contributed by atoms with Crippen LogP contribution in [0.3, 0.4) is 0 Å². The number of carbonyl (C=O) groups excluding carboxylic acids is 1. The van der Waals surface area contributed by atoms with Crippen LogP contribution < -0.4 is 5.11 Å². The zero-order valence-corrected chi connectivity index (χ0v) is 13.7. The maximum Gasteiger partial charge on any atom is 0.270 e. The molecule has 0 saturated carbocycles. The number of thiazole rings is 1. The molecule has 1 aromatic heterocycles. The predicted octanol–water partition coefficient (Wildman–Crippen LogP) is 3.09. The van der Waals surface area contributed by atoms with Gasteiger partial charge in [-0.3, -0.25) is 10.1 Å². The molecule has 6 nitrogen and oxygen atoms in total. The number of para-hydroxylation sites is 1. The minimum Gasteiger partial charge on any atom is -0.544 e. The third kappa shape index (κ3) is 3.61. The van der Waals surface area contributed by atoms with Gasteiger partial charge in [0.25, 0.3) is 5.69 Å². The topological polar surface area (TPSA) is 96.2 Å². The number of benzene rings is 2. The SMILES string of the molecule is O=C([O-])/C(=C\c1cccc([N+](=O)[O-])c1)Sc1nc2ccccc2s1. The summed E-state index contributed by atoms with van der Waals surface area (Å²) >= 11 is 2.34. The highest BCUT2D eigenvalue weighted by Gasteiger charge is 2.10. The van der Waals surface area contributed by atoms with Gasteiger partial charge >= 0.3 is 0 Å². The van der Waals surface area contributed by atoms with Gasteiger partial charge in [-0.25, -0.2) is 4.98 Å². The molecule has 1 heterocycles. The number of nitro groups is 1. The van der Waals surface area contributed by atoms with E-state index < -0.39 is 10.9 Å². The number of carboxylic acids is 1. The molecule has 0 radical (unpaired) electrons. The molecule has 24 heavy (non-hydrogen) atoms. The molecule has 0 aliphatic rings. The van der Waals surface area contributed by atoms with Crippen LogP contribution in [0, 0.1) is 10.1 Å².